The zero-order valence-electron chi connectivity index (χ0n) is 12.6. The molecule has 0 aliphatic heterocycles. The molecule has 0 saturated heterocycles. The average molecular weight is 313 g/mol. The number of carbonyl (C=O) groups excluding carboxylic acids is 1. The van der Waals surface area contributed by atoms with Crippen LogP contribution < -0.4 is 10.5 Å². The lowest BCUT2D eigenvalue weighted by Crippen LogP contribution is -2.13. The quantitative estimate of drug-likeness (QED) is 0.787. The van der Waals surface area contributed by atoms with E-state index in [-0.39, 0.29) is 12.4 Å². The summed E-state index contributed by atoms with van der Waals surface area (Å²) in [4.78, 5) is 15.8. The lowest BCUT2D eigenvalue weighted by Gasteiger charge is -2.10. The highest BCUT2D eigenvalue weighted by Gasteiger charge is 2.13. The number of fused-ring (bicyclic) bond motifs is 1. The number of ether oxygens (including phenoxy) is 1. The van der Waals surface area contributed by atoms with E-state index < -0.39 is 5.91 Å². The topological polar surface area (TPSA) is 70.1 Å². The van der Waals surface area contributed by atoms with Crippen molar-refractivity contribution >= 4 is 16.9 Å². The number of para-hydroxylation sites is 1. The molecule has 1 amide bonds. The SMILES string of the molecule is CCn1c(COc2ccccc2C(N)=O)nc2cc(F)ccc21. The van der Waals surface area contributed by atoms with Gasteiger partial charge in [-0.3, -0.25) is 4.79 Å². The van der Waals surface area contributed by atoms with Crippen molar-refractivity contribution in [3.63, 3.8) is 0 Å². The molecule has 3 aromatic rings. The molecule has 0 fully saturated rings. The first kappa shape index (κ1) is 15.0. The summed E-state index contributed by atoms with van der Waals surface area (Å²) in [6, 6.07) is 11.3. The molecule has 0 bridgehead atoms. The molecule has 0 atom stereocenters. The van der Waals surface area contributed by atoms with Gasteiger partial charge in [-0.15, -0.1) is 0 Å². The van der Waals surface area contributed by atoms with Crippen LogP contribution in [0.4, 0.5) is 4.39 Å². The highest BCUT2D eigenvalue weighted by molar-refractivity contribution is 5.95. The van der Waals surface area contributed by atoms with Crippen LogP contribution in [-0.4, -0.2) is 15.5 Å². The van der Waals surface area contributed by atoms with Gasteiger partial charge in [0.1, 0.15) is 24.0 Å². The van der Waals surface area contributed by atoms with E-state index >= 15 is 0 Å². The summed E-state index contributed by atoms with van der Waals surface area (Å²) >= 11 is 0. The van der Waals surface area contributed by atoms with Crippen LogP contribution >= 0.6 is 0 Å². The zero-order valence-corrected chi connectivity index (χ0v) is 12.6. The predicted octanol–water partition coefficient (Wildman–Crippen LogP) is 2.87. The Morgan fingerprint density at radius 2 is 2.09 bits per heavy atom. The highest BCUT2D eigenvalue weighted by Crippen LogP contribution is 2.21. The van der Waals surface area contributed by atoms with Gasteiger partial charge >= 0.3 is 0 Å². The fourth-order valence-electron chi connectivity index (χ4n) is 2.55. The van der Waals surface area contributed by atoms with Crippen LogP contribution in [-0.2, 0) is 13.2 Å². The summed E-state index contributed by atoms with van der Waals surface area (Å²) in [6.07, 6.45) is 0. The minimum atomic E-state index is -0.549. The molecule has 2 aromatic carbocycles. The molecule has 0 aliphatic rings. The molecule has 1 heterocycles. The van der Waals surface area contributed by atoms with Gasteiger partial charge in [0, 0.05) is 12.6 Å². The fraction of sp³-hybridized carbons (Fsp3) is 0.176. The third-order valence-electron chi connectivity index (χ3n) is 3.61. The average Bonchev–Trinajstić information content (AvgIpc) is 2.89. The van der Waals surface area contributed by atoms with Crippen LogP contribution in [0.3, 0.4) is 0 Å². The van der Waals surface area contributed by atoms with E-state index in [0.717, 1.165) is 5.52 Å². The van der Waals surface area contributed by atoms with Crippen LogP contribution in [0.5, 0.6) is 5.75 Å². The van der Waals surface area contributed by atoms with Crippen LogP contribution in [0.15, 0.2) is 42.5 Å². The summed E-state index contributed by atoms with van der Waals surface area (Å²) < 4.78 is 21.0. The molecule has 0 radical (unpaired) electrons. The Hall–Kier alpha value is -2.89. The van der Waals surface area contributed by atoms with Crippen molar-refractivity contribution in [2.24, 2.45) is 5.73 Å². The lowest BCUT2D eigenvalue weighted by atomic mass is 10.2. The van der Waals surface area contributed by atoms with E-state index in [1.54, 1.807) is 30.3 Å². The maximum atomic E-state index is 13.3. The third-order valence-corrected chi connectivity index (χ3v) is 3.61. The summed E-state index contributed by atoms with van der Waals surface area (Å²) in [5, 5.41) is 0. The first-order valence-electron chi connectivity index (χ1n) is 7.26. The number of rotatable bonds is 5. The maximum Gasteiger partial charge on any atom is 0.252 e. The largest absolute Gasteiger partial charge is 0.485 e. The van der Waals surface area contributed by atoms with Gasteiger partial charge in [-0.25, -0.2) is 9.37 Å². The van der Waals surface area contributed by atoms with Gasteiger partial charge in [0.25, 0.3) is 5.91 Å². The molecule has 0 saturated carbocycles. The van der Waals surface area contributed by atoms with Crippen molar-refractivity contribution in [2.75, 3.05) is 0 Å². The Bertz CT molecular complexity index is 873. The molecule has 5 nitrogen and oxygen atoms in total. The molecule has 0 unspecified atom stereocenters. The van der Waals surface area contributed by atoms with E-state index in [9.17, 15) is 9.18 Å². The number of hydrogen-bond acceptors (Lipinski definition) is 3. The minimum absolute atomic E-state index is 0.161. The van der Waals surface area contributed by atoms with Gasteiger partial charge in [-0.2, -0.15) is 0 Å². The summed E-state index contributed by atoms with van der Waals surface area (Å²) in [7, 11) is 0. The standard InChI is InChI=1S/C17H16FN3O2/c1-2-21-14-8-7-11(18)9-13(14)20-16(21)10-23-15-6-4-3-5-12(15)17(19)22/h3-9H,2,10H2,1H3,(H2,19,22). The van der Waals surface area contributed by atoms with Crippen molar-refractivity contribution in [3.05, 3.63) is 59.7 Å². The van der Waals surface area contributed by atoms with Crippen LogP contribution in [0.25, 0.3) is 11.0 Å². The number of aryl methyl sites for hydroxylation is 1. The van der Waals surface area contributed by atoms with Crippen LogP contribution in [0, 0.1) is 5.82 Å². The van der Waals surface area contributed by atoms with E-state index in [4.69, 9.17) is 10.5 Å². The normalized spacial score (nSPS) is 10.9. The molecule has 1 aromatic heterocycles. The molecular weight excluding hydrogens is 297 g/mol. The van der Waals surface area contributed by atoms with Gasteiger partial charge in [-0.05, 0) is 31.2 Å². The second-order valence-electron chi connectivity index (χ2n) is 5.05. The van der Waals surface area contributed by atoms with Crippen molar-refractivity contribution in [1.29, 1.82) is 0 Å². The number of carbonyl (C=O) groups is 1. The van der Waals surface area contributed by atoms with E-state index in [1.165, 1.54) is 12.1 Å². The highest BCUT2D eigenvalue weighted by atomic mass is 19.1. The van der Waals surface area contributed by atoms with Crippen molar-refractivity contribution in [1.82, 2.24) is 9.55 Å². The van der Waals surface area contributed by atoms with Gasteiger partial charge in [0.2, 0.25) is 0 Å². The number of hydrogen-bond donors (Lipinski definition) is 1. The van der Waals surface area contributed by atoms with Gasteiger partial charge in [0.15, 0.2) is 0 Å². The van der Waals surface area contributed by atoms with Crippen molar-refractivity contribution in [2.45, 2.75) is 20.1 Å². The third kappa shape index (κ3) is 2.88. The fourth-order valence-corrected chi connectivity index (χ4v) is 2.55. The van der Waals surface area contributed by atoms with E-state index in [1.807, 2.05) is 11.5 Å². The number of aromatic nitrogens is 2. The molecular formula is C17H16FN3O2. The number of primary amides is 1. The maximum absolute atomic E-state index is 13.3. The van der Waals surface area contributed by atoms with Crippen LogP contribution in [0.1, 0.15) is 23.1 Å². The Kier molecular flexibility index (Phi) is 3.97. The van der Waals surface area contributed by atoms with Gasteiger partial charge in [-0.1, -0.05) is 12.1 Å². The molecule has 0 spiro atoms. The monoisotopic (exact) mass is 313 g/mol. The first-order valence-corrected chi connectivity index (χ1v) is 7.26. The number of nitrogens with two attached hydrogens (primary N) is 1. The predicted molar refractivity (Wildman–Crippen MR) is 84.7 cm³/mol. The molecule has 23 heavy (non-hydrogen) atoms. The lowest BCUT2D eigenvalue weighted by molar-refractivity contribution is 0.0995. The summed E-state index contributed by atoms with van der Waals surface area (Å²) in [5.41, 5.74) is 7.07. The summed E-state index contributed by atoms with van der Waals surface area (Å²) in [5.74, 6) is 0.185. The molecule has 118 valence electrons. The molecule has 3 rings (SSSR count). The summed E-state index contributed by atoms with van der Waals surface area (Å²) in [6.45, 7) is 2.82. The number of nitrogens with zero attached hydrogens (tertiary/aromatic N) is 2. The van der Waals surface area contributed by atoms with Crippen molar-refractivity contribution in [3.8, 4) is 5.75 Å². The molecule has 6 heteroatoms. The van der Waals surface area contributed by atoms with E-state index in [0.29, 0.717) is 29.2 Å². The second kappa shape index (κ2) is 6.08. The van der Waals surface area contributed by atoms with Gasteiger partial charge in [0.05, 0.1) is 16.6 Å². The van der Waals surface area contributed by atoms with Crippen molar-refractivity contribution < 1.29 is 13.9 Å². The second-order valence-corrected chi connectivity index (χ2v) is 5.05. The van der Waals surface area contributed by atoms with Crippen LogP contribution in [0.2, 0.25) is 0 Å². The molecule has 0 aliphatic carbocycles. The minimum Gasteiger partial charge on any atom is -0.485 e. The number of amides is 1. The number of benzene rings is 2. The zero-order chi connectivity index (χ0) is 16.4. The Morgan fingerprint density at radius 1 is 1.30 bits per heavy atom. The molecule has 2 N–H and O–H groups in total. The van der Waals surface area contributed by atoms with Gasteiger partial charge < -0.3 is 15.0 Å². The Balaban J connectivity index is 1.92. The first-order chi connectivity index (χ1) is 11.1. The van der Waals surface area contributed by atoms with E-state index in [2.05, 4.69) is 4.98 Å². The Labute approximate surface area is 132 Å². The number of imidazole rings is 1. The Morgan fingerprint density at radius 3 is 2.83 bits per heavy atom. The number of halogens is 1. The smallest absolute Gasteiger partial charge is 0.252 e.